The standard InChI is InChI=1S/C18H21N5OS/c1-10(2)23-17(20-11(3)22-23)18-21-16-13-5-4-12(9-19)8-14(13)24-7-6-15(16)25-18/h4-5,8,10H,6-7,9,19H2,1-3H3. The van der Waals surface area contributed by atoms with E-state index in [0.717, 1.165) is 45.6 Å². The molecule has 2 aromatic heterocycles. The number of hydrogen-bond acceptors (Lipinski definition) is 6. The van der Waals surface area contributed by atoms with Crippen LogP contribution < -0.4 is 10.5 Å². The van der Waals surface area contributed by atoms with Gasteiger partial charge in [-0.15, -0.1) is 11.3 Å². The average Bonchev–Trinajstić information content (AvgIpc) is 3.14. The Bertz CT molecular complexity index is 928. The lowest BCUT2D eigenvalue weighted by molar-refractivity contribution is 0.327. The van der Waals surface area contributed by atoms with Crippen molar-refractivity contribution in [3.63, 3.8) is 0 Å². The fraction of sp³-hybridized carbons (Fsp3) is 0.389. The van der Waals surface area contributed by atoms with E-state index in [2.05, 4.69) is 30.0 Å². The molecule has 0 saturated carbocycles. The molecule has 3 aromatic rings. The Balaban J connectivity index is 1.84. The second-order valence-electron chi connectivity index (χ2n) is 6.44. The van der Waals surface area contributed by atoms with Crippen LogP contribution in [0.25, 0.3) is 22.1 Å². The predicted molar refractivity (Wildman–Crippen MR) is 98.8 cm³/mol. The Labute approximate surface area is 150 Å². The Morgan fingerprint density at radius 2 is 2.16 bits per heavy atom. The van der Waals surface area contributed by atoms with Gasteiger partial charge in [-0.3, -0.25) is 0 Å². The fourth-order valence-corrected chi connectivity index (χ4v) is 4.06. The number of thiazole rings is 1. The number of ether oxygens (including phenoxy) is 1. The molecule has 0 unspecified atom stereocenters. The second kappa shape index (κ2) is 6.24. The topological polar surface area (TPSA) is 78.9 Å². The Hall–Kier alpha value is -2.25. The van der Waals surface area contributed by atoms with E-state index in [1.165, 1.54) is 4.88 Å². The van der Waals surface area contributed by atoms with E-state index in [0.29, 0.717) is 13.2 Å². The third-order valence-corrected chi connectivity index (χ3v) is 5.35. The number of rotatable bonds is 3. The molecule has 0 saturated heterocycles. The number of aromatic nitrogens is 4. The molecule has 130 valence electrons. The SMILES string of the molecule is Cc1nc(-c2nc3c(s2)CCOc2cc(CN)ccc2-3)n(C(C)C)n1. The number of hydrogen-bond donors (Lipinski definition) is 1. The molecule has 0 aliphatic carbocycles. The maximum atomic E-state index is 5.92. The zero-order valence-corrected chi connectivity index (χ0v) is 15.4. The molecule has 1 aliphatic rings. The molecule has 0 atom stereocenters. The summed E-state index contributed by atoms with van der Waals surface area (Å²) in [6, 6.07) is 6.35. The van der Waals surface area contributed by atoms with Crippen LogP contribution in [0.5, 0.6) is 5.75 Å². The van der Waals surface area contributed by atoms with E-state index in [1.54, 1.807) is 11.3 Å². The minimum Gasteiger partial charge on any atom is -0.492 e. The van der Waals surface area contributed by atoms with Crippen molar-refractivity contribution in [2.45, 2.75) is 39.8 Å². The van der Waals surface area contributed by atoms with Gasteiger partial charge in [-0.1, -0.05) is 6.07 Å². The van der Waals surface area contributed by atoms with E-state index in [9.17, 15) is 0 Å². The van der Waals surface area contributed by atoms with E-state index < -0.39 is 0 Å². The van der Waals surface area contributed by atoms with Gasteiger partial charge in [-0.25, -0.2) is 14.6 Å². The summed E-state index contributed by atoms with van der Waals surface area (Å²) in [5.74, 6) is 2.47. The molecule has 6 nitrogen and oxygen atoms in total. The number of nitrogens with zero attached hydrogens (tertiary/aromatic N) is 4. The summed E-state index contributed by atoms with van der Waals surface area (Å²) in [5.41, 5.74) is 8.84. The smallest absolute Gasteiger partial charge is 0.187 e. The van der Waals surface area contributed by atoms with Crippen molar-refractivity contribution in [1.82, 2.24) is 19.7 Å². The number of benzene rings is 1. The van der Waals surface area contributed by atoms with Crippen LogP contribution in [0, 0.1) is 6.92 Å². The van der Waals surface area contributed by atoms with Gasteiger partial charge in [0.25, 0.3) is 0 Å². The quantitative estimate of drug-likeness (QED) is 0.779. The number of nitrogens with two attached hydrogens (primary N) is 1. The van der Waals surface area contributed by atoms with Crippen LogP contribution in [-0.2, 0) is 13.0 Å². The van der Waals surface area contributed by atoms with Gasteiger partial charge < -0.3 is 10.5 Å². The monoisotopic (exact) mass is 355 g/mol. The van der Waals surface area contributed by atoms with Crippen LogP contribution in [0.3, 0.4) is 0 Å². The average molecular weight is 355 g/mol. The Morgan fingerprint density at radius 3 is 2.92 bits per heavy atom. The molecule has 2 N–H and O–H groups in total. The minimum atomic E-state index is 0.239. The second-order valence-corrected chi connectivity index (χ2v) is 7.53. The lowest BCUT2D eigenvalue weighted by Gasteiger charge is -2.09. The maximum Gasteiger partial charge on any atom is 0.187 e. The summed E-state index contributed by atoms with van der Waals surface area (Å²) in [6.07, 6.45) is 0.842. The largest absolute Gasteiger partial charge is 0.492 e. The Kier molecular flexibility index (Phi) is 4.05. The molecular formula is C18H21N5OS. The van der Waals surface area contributed by atoms with Crippen LogP contribution in [0.15, 0.2) is 18.2 Å². The Morgan fingerprint density at radius 1 is 1.32 bits per heavy atom. The first-order chi connectivity index (χ1) is 12.1. The van der Waals surface area contributed by atoms with Crippen molar-refractivity contribution >= 4 is 11.3 Å². The molecule has 4 rings (SSSR count). The fourth-order valence-electron chi connectivity index (χ4n) is 3.03. The lowest BCUT2D eigenvalue weighted by Crippen LogP contribution is -2.05. The predicted octanol–water partition coefficient (Wildman–Crippen LogP) is 3.35. The van der Waals surface area contributed by atoms with Crippen molar-refractivity contribution in [3.8, 4) is 27.8 Å². The molecule has 1 aliphatic heterocycles. The third kappa shape index (κ3) is 2.83. The minimum absolute atomic E-state index is 0.239. The first-order valence-corrected chi connectivity index (χ1v) is 9.28. The zero-order chi connectivity index (χ0) is 17.6. The van der Waals surface area contributed by atoms with Gasteiger partial charge in [0.2, 0.25) is 0 Å². The summed E-state index contributed by atoms with van der Waals surface area (Å²) < 4.78 is 7.87. The van der Waals surface area contributed by atoms with Crippen molar-refractivity contribution in [3.05, 3.63) is 34.5 Å². The van der Waals surface area contributed by atoms with Gasteiger partial charge in [0.15, 0.2) is 10.8 Å². The highest BCUT2D eigenvalue weighted by Gasteiger charge is 2.24. The highest BCUT2D eigenvalue weighted by Crippen LogP contribution is 2.40. The van der Waals surface area contributed by atoms with E-state index in [-0.39, 0.29) is 6.04 Å². The molecule has 7 heteroatoms. The van der Waals surface area contributed by atoms with Crippen LogP contribution >= 0.6 is 11.3 Å². The van der Waals surface area contributed by atoms with Crippen molar-refractivity contribution in [2.24, 2.45) is 5.73 Å². The van der Waals surface area contributed by atoms with E-state index in [1.807, 2.05) is 23.7 Å². The van der Waals surface area contributed by atoms with Gasteiger partial charge in [0, 0.05) is 29.4 Å². The van der Waals surface area contributed by atoms with Gasteiger partial charge in [0.1, 0.15) is 11.6 Å². The highest BCUT2D eigenvalue weighted by molar-refractivity contribution is 7.15. The molecule has 25 heavy (non-hydrogen) atoms. The summed E-state index contributed by atoms with van der Waals surface area (Å²) in [4.78, 5) is 10.7. The lowest BCUT2D eigenvalue weighted by atomic mass is 10.1. The van der Waals surface area contributed by atoms with Gasteiger partial charge in [-0.05, 0) is 38.5 Å². The van der Waals surface area contributed by atoms with E-state index >= 15 is 0 Å². The van der Waals surface area contributed by atoms with E-state index in [4.69, 9.17) is 15.5 Å². The molecule has 0 radical (unpaired) electrons. The number of aryl methyl sites for hydroxylation is 1. The molecule has 0 spiro atoms. The summed E-state index contributed by atoms with van der Waals surface area (Å²) in [7, 11) is 0. The summed E-state index contributed by atoms with van der Waals surface area (Å²) in [5, 5.41) is 5.42. The third-order valence-electron chi connectivity index (χ3n) is 4.24. The molecule has 1 aromatic carbocycles. The van der Waals surface area contributed by atoms with Crippen molar-refractivity contribution < 1.29 is 4.74 Å². The first-order valence-electron chi connectivity index (χ1n) is 8.46. The van der Waals surface area contributed by atoms with Gasteiger partial charge in [0.05, 0.1) is 12.3 Å². The molecular weight excluding hydrogens is 334 g/mol. The highest BCUT2D eigenvalue weighted by atomic mass is 32.1. The molecule has 0 fully saturated rings. The normalized spacial score (nSPS) is 13.3. The van der Waals surface area contributed by atoms with Crippen molar-refractivity contribution in [1.29, 1.82) is 0 Å². The van der Waals surface area contributed by atoms with Crippen LogP contribution in [0.1, 0.15) is 36.2 Å². The van der Waals surface area contributed by atoms with Gasteiger partial charge >= 0.3 is 0 Å². The van der Waals surface area contributed by atoms with Crippen LogP contribution in [-0.4, -0.2) is 26.4 Å². The van der Waals surface area contributed by atoms with Gasteiger partial charge in [-0.2, -0.15) is 5.10 Å². The van der Waals surface area contributed by atoms with Crippen LogP contribution in [0.4, 0.5) is 0 Å². The van der Waals surface area contributed by atoms with Crippen molar-refractivity contribution in [2.75, 3.05) is 6.61 Å². The molecule has 3 heterocycles. The first kappa shape index (κ1) is 16.2. The molecule has 0 amide bonds. The zero-order valence-electron chi connectivity index (χ0n) is 14.6. The number of fused-ring (bicyclic) bond motifs is 3. The van der Waals surface area contributed by atoms with Crippen LogP contribution in [0.2, 0.25) is 0 Å². The molecule has 0 bridgehead atoms. The summed E-state index contributed by atoms with van der Waals surface area (Å²) in [6.45, 7) is 7.27. The maximum absolute atomic E-state index is 5.92. The summed E-state index contributed by atoms with van der Waals surface area (Å²) >= 11 is 1.68.